The van der Waals surface area contributed by atoms with Gasteiger partial charge in [0, 0.05) is 19.0 Å². The second-order valence-electron chi connectivity index (χ2n) is 7.50. The monoisotopic (exact) mass is 313 g/mol. The van der Waals surface area contributed by atoms with Crippen LogP contribution in [0.15, 0.2) is 0 Å². The fourth-order valence-electron chi connectivity index (χ4n) is 5.05. The molecule has 0 saturated heterocycles. The number of amides is 2. The van der Waals surface area contributed by atoms with E-state index in [2.05, 4.69) is 10.7 Å². The highest BCUT2D eigenvalue weighted by Gasteiger charge is 2.59. The van der Waals surface area contributed by atoms with Gasteiger partial charge in [0.2, 0.25) is 5.91 Å². The maximum Gasteiger partial charge on any atom is 0.253 e. The Morgan fingerprint density at radius 1 is 1.19 bits per heavy atom. The van der Waals surface area contributed by atoms with Crippen molar-refractivity contribution in [3.05, 3.63) is 0 Å². The van der Waals surface area contributed by atoms with Crippen LogP contribution >= 0.6 is 11.6 Å². The standard InChI is InChI=1S/C15H24ClN3O2/c1-19(2)18-12(20)8-17-13(21)14-4-10-3-11(5-14)7-15(16,6-10)9-14/h10-11H,3-9H2,1-2H3,(H,17,21)(H,18,20)/t10-,11+,14?,15?. The van der Waals surface area contributed by atoms with E-state index in [9.17, 15) is 9.59 Å². The molecule has 2 N–H and O–H groups in total. The molecule has 4 bridgehead atoms. The highest BCUT2D eigenvalue weighted by molar-refractivity contribution is 6.24. The van der Waals surface area contributed by atoms with E-state index in [0.29, 0.717) is 11.8 Å². The number of carbonyl (C=O) groups is 2. The second-order valence-corrected chi connectivity index (χ2v) is 8.31. The van der Waals surface area contributed by atoms with Crippen LogP contribution in [0.5, 0.6) is 0 Å². The molecule has 21 heavy (non-hydrogen) atoms. The molecule has 4 fully saturated rings. The van der Waals surface area contributed by atoms with Crippen LogP contribution in [-0.2, 0) is 9.59 Å². The van der Waals surface area contributed by atoms with Crippen LogP contribution in [0.4, 0.5) is 0 Å². The molecular formula is C15H24ClN3O2. The van der Waals surface area contributed by atoms with E-state index in [-0.39, 0.29) is 28.6 Å². The Labute approximate surface area is 130 Å². The summed E-state index contributed by atoms with van der Waals surface area (Å²) in [5, 5.41) is 4.40. The number of hydrogen-bond donors (Lipinski definition) is 2. The number of nitrogens with one attached hydrogen (secondary N) is 2. The maximum absolute atomic E-state index is 12.7. The number of halogens is 1. The Hall–Kier alpha value is -0.810. The predicted octanol–water partition coefficient (Wildman–Crippen LogP) is 1.27. The van der Waals surface area contributed by atoms with Crippen molar-refractivity contribution in [2.45, 2.75) is 43.4 Å². The van der Waals surface area contributed by atoms with Crippen LogP contribution in [0.25, 0.3) is 0 Å². The first-order valence-corrected chi connectivity index (χ1v) is 8.12. The fourth-order valence-corrected chi connectivity index (χ4v) is 5.75. The Morgan fingerprint density at radius 3 is 2.33 bits per heavy atom. The number of hydrogen-bond acceptors (Lipinski definition) is 3. The van der Waals surface area contributed by atoms with Gasteiger partial charge in [-0.25, -0.2) is 5.01 Å². The molecule has 2 amide bonds. The third kappa shape index (κ3) is 2.90. The molecule has 2 unspecified atom stereocenters. The number of nitrogens with zero attached hydrogens (tertiary/aromatic N) is 1. The van der Waals surface area contributed by atoms with E-state index >= 15 is 0 Å². The lowest BCUT2D eigenvalue weighted by molar-refractivity contribution is -0.145. The van der Waals surface area contributed by atoms with Gasteiger partial charge < -0.3 is 5.32 Å². The first-order chi connectivity index (χ1) is 9.80. The minimum absolute atomic E-state index is 0.0236. The van der Waals surface area contributed by atoms with Crippen molar-refractivity contribution in [3.63, 3.8) is 0 Å². The number of alkyl halides is 1. The quantitative estimate of drug-likeness (QED) is 0.607. The average Bonchev–Trinajstić information content (AvgIpc) is 2.31. The van der Waals surface area contributed by atoms with E-state index in [1.807, 2.05) is 0 Å². The maximum atomic E-state index is 12.7. The lowest BCUT2D eigenvalue weighted by Crippen LogP contribution is -2.59. The first-order valence-electron chi connectivity index (χ1n) is 7.74. The molecule has 4 rings (SSSR count). The van der Waals surface area contributed by atoms with Gasteiger partial charge in [-0.2, -0.15) is 0 Å². The first kappa shape index (κ1) is 15.1. The molecule has 5 nitrogen and oxygen atoms in total. The van der Waals surface area contributed by atoms with E-state index in [1.54, 1.807) is 19.1 Å². The smallest absolute Gasteiger partial charge is 0.253 e. The summed E-state index contributed by atoms with van der Waals surface area (Å²) in [5.41, 5.74) is 2.30. The fraction of sp³-hybridized carbons (Fsp3) is 0.867. The van der Waals surface area contributed by atoms with E-state index in [0.717, 1.165) is 32.1 Å². The topological polar surface area (TPSA) is 61.4 Å². The summed E-state index contributed by atoms with van der Waals surface area (Å²) in [7, 11) is 3.49. The highest BCUT2D eigenvalue weighted by Crippen LogP contribution is 2.63. The third-order valence-electron chi connectivity index (χ3n) is 5.23. The van der Waals surface area contributed by atoms with Gasteiger partial charge in [0.25, 0.3) is 5.91 Å². The molecule has 4 aliphatic carbocycles. The van der Waals surface area contributed by atoms with Crippen molar-refractivity contribution in [2.75, 3.05) is 20.6 Å². The van der Waals surface area contributed by atoms with Crippen LogP contribution < -0.4 is 10.7 Å². The van der Waals surface area contributed by atoms with Crippen LogP contribution in [0.1, 0.15) is 38.5 Å². The lowest BCUT2D eigenvalue weighted by Gasteiger charge is -2.59. The summed E-state index contributed by atoms with van der Waals surface area (Å²) in [6, 6.07) is 0. The van der Waals surface area contributed by atoms with Crippen molar-refractivity contribution >= 4 is 23.4 Å². The average molecular weight is 314 g/mol. The van der Waals surface area contributed by atoms with Crippen LogP contribution in [0, 0.1) is 17.3 Å². The molecule has 0 heterocycles. The summed E-state index contributed by atoms with van der Waals surface area (Å²) < 4.78 is 0. The molecule has 0 aromatic rings. The van der Waals surface area contributed by atoms with Gasteiger partial charge >= 0.3 is 0 Å². The molecule has 0 radical (unpaired) electrons. The number of rotatable bonds is 4. The second kappa shape index (κ2) is 5.13. The normalized spacial score (nSPS) is 40.4. The van der Waals surface area contributed by atoms with Crippen LogP contribution in [-0.4, -0.2) is 42.3 Å². The molecule has 4 aliphatic rings. The van der Waals surface area contributed by atoms with Crippen LogP contribution in [0.3, 0.4) is 0 Å². The minimum Gasteiger partial charge on any atom is -0.347 e. The number of carbonyl (C=O) groups excluding carboxylic acids is 2. The molecular weight excluding hydrogens is 290 g/mol. The largest absolute Gasteiger partial charge is 0.347 e. The Bertz CT molecular complexity index is 452. The molecule has 4 saturated carbocycles. The summed E-state index contributed by atoms with van der Waals surface area (Å²) >= 11 is 6.73. The van der Waals surface area contributed by atoms with Crippen LogP contribution in [0.2, 0.25) is 0 Å². The summed E-state index contributed by atoms with van der Waals surface area (Å²) in [5.74, 6) is 1.00. The molecule has 0 aliphatic heterocycles. The third-order valence-corrected chi connectivity index (χ3v) is 5.67. The van der Waals surface area contributed by atoms with Crippen molar-refractivity contribution < 1.29 is 9.59 Å². The molecule has 118 valence electrons. The molecule has 0 spiro atoms. The Kier molecular flexibility index (Phi) is 3.69. The van der Waals surface area contributed by atoms with Crippen molar-refractivity contribution in [2.24, 2.45) is 17.3 Å². The zero-order valence-corrected chi connectivity index (χ0v) is 13.5. The SMILES string of the molecule is CN(C)NC(=O)CNC(=O)C12C[C@@H]3C[C@@H](CC(Cl)(C3)C1)C2. The van der Waals surface area contributed by atoms with Gasteiger partial charge in [-0.05, 0) is 50.4 Å². The van der Waals surface area contributed by atoms with Gasteiger partial charge in [0.05, 0.1) is 12.0 Å². The van der Waals surface area contributed by atoms with Crippen molar-refractivity contribution in [1.82, 2.24) is 15.8 Å². The molecule has 4 atom stereocenters. The zero-order valence-electron chi connectivity index (χ0n) is 12.7. The van der Waals surface area contributed by atoms with Crippen molar-refractivity contribution in [1.29, 1.82) is 0 Å². The van der Waals surface area contributed by atoms with Crippen molar-refractivity contribution in [3.8, 4) is 0 Å². The lowest BCUT2D eigenvalue weighted by atomic mass is 9.49. The summed E-state index contributed by atoms with van der Waals surface area (Å²) in [4.78, 5) is 24.1. The Balaban J connectivity index is 1.63. The number of hydrazine groups is 1. The van der Waals surface area contributed by atoms with Gasteiger partial charge in [0.15, 0.2) is 0 Å². The van der Waals surface area contributed by atoms with E-state index in [4.69, 9.17) is 11.6 Å². The molecule has 0 aromatic carbocycles. The summed E-state index contributed by atoms with van der Waals surface area (Å²) in [6.07, 6.45) is 6.00. The van der Waals surface area contributed by atoms with E-state index < -0.39 is 0 Å². The molecule has 6 heteroatoms. The summed E-state index contributed by atoms with van der Waals surface area (Å²) in [6.45, 7) is 0.0311. The van der Waals surface area contributed by atoms with E-state index in [1.165, 1.54) is 6.42 Å². The highest BCUT2D eigenvalue weighted by atomic mass is 35.5. The van der Waals surface area contributed by atoms with Gasteiger partial charge in [-0.1, -0.05) is 0 Å². The molecule has 0 aromatic heterocycles. The predicted molar refractivity (Wildman–Crippen MR) is 80.5 cm³/mol. The minimum atomic E-state index is -0.329. The van der Waals surface area contributed by atoms with Gasteiger partial charge in [-0.3, -0.25) is 15.0 Å². The zero-order chi connectivity index (χ0) is 15.3. The Morgan fingerprint density at radius 2 is 1.81 bits per heavy atom. The van der Waals surface area contributed by atoms with Gasteiger partial charge in [-0.15, -0.1) is 11.6 Å². The van der Waals surface area contributed by atoms with Gasteiger partial charge in [0.1, 0.15) is 0 Å².